The lowest BCUT2D eigenvalue weighted by atomic mass is 10.2. The molecule has 0 N–H and O–H groups in total. The smallest absolute Gasteiger partial charge is 0.262 e. The van der Waals surface area contributed by atoms with E-state index >= 15 is 0 Å². The predicted molar refractivity (Wildman–Crippen MR) is 125 cm³/mol. The van der Waals surface area contributed by atoms with Gasteiger partial charge in [0.15, 0.2) is 5.16 Å². The Morgan fingerprint density at radius 1 is 1.06 bits per heavy atom. The van der Waals surface area contributed by atoms with Crippen LogP contribution in [-0.4, -0.2) is 19.5 Å². The summed E-state index contributed by atoms with van der Waals surface area (Å²) in [4.78, 5) is 29.7. The van der Waals surface area contributed by atoms with E-state index in [1.165, 1.54) is 34.3 Å². The summed E-state index contributed by atoms with van der Waals surface area (Å²) < 4.78 is 15.1. The van der Waals surface area contributed by atoms with Crippen LogP contribution in [0.1, 0.15) is 22.4 Å². The van der Waals surface area contributed by atoms with Crippen LogP contribution in [0, 0.1) is 5.82 Å². The second-order valence-corrected chi connectivity index (χ2v) is 9.79. The number of aryl methyl sites for hydroxylation is 2. The Morgan fingerprint density at radius 2 is 1.91 bits per heavy atom. The van der Waals surface area contributed by atoms with E-state index in [1.54, 1.807) is 40.4 Å². The minimum Gasteiger partial charge on any atom is -0.282 e. The standard InChI is InChI=1S/C24H17FN4OS2/c25-15-10-8-14(9-11-15)12-29-23(30)16-4-1-2-6-18(16)28-24(29)32-22-20-17-5-3-7-19(17)31-21(20)26-13-27-22/h1-2,4,6,8-11,13H,3,5,7,12H2. The van der Waals surface area contributed by atoms with E-state index < -0.39 is 0 Å². The topological polar surface area (TPSA) is 60.7 Å². The molecule has 3 aromatic heterocycles. The van der Waals surface area contributed by atoms with Crippen LogP contribution in [0.15, 0.2) is 69.8 Å². The van der Waals surface area contributed by atoms with Gasteiger partial charge in [-0.3, -0.25) is 9.36 Å². The summed E-state index contributed by atoms with van der Waals surface area (Å²) in [5.41, 5.74) is 2.69. The summed E-state index contributed by atoms with van der Waals surface area (Å²) in [5.74, 6) is -0.304. The normalized spacial score (nSPS) is 13.2. The zero-order valence-electron chi connectivity index (χ0n) is 16.9. The highest BCUT2D eigenvalue weighted by atomic mass is 32.2. The lowest BCUT2D eigenvalue weighted by Crippen LogP contribution is -2.24. The molecule has 0 saturated heterocycles. The molecule has 3 heterocycles. The minimum absolute atomic E-state index is 0.122. The number of fused-ring (bicyclic) bond motifs is 4. The monoisotopic (exact) mass is 460 g/mol. The minimum atomic E-state index is -0.304. The molecule has 0 amide bonds. The molecule has 6 rings (SSSR count). The van der Waals surface area contributed by atoms with Crippen molar-refractivity contribution in [3.05, 3.63) is 87.0 Å². The fourth-order valence-corrected chi connectivity index (χ4v) is 6.49. The predicted octanol–water partition coefficient (Wildman–Crippen LogP) is 5.23. The molecule has 0 bridgehead atoms. The third-order valence-electron chi connectivity index (χ3n) is 5.74. The molecule has 0 unspecified atom stereocenters. The fourth-order valence-electron chi connectivity index (χ4n) is 4.20. The average molecular weight is 461 g/mol. The molecule has 0 atom stereocenters. The fraction of sp³-hybridized carbons (Fsp3) is 0.167. The van der Waals surface area contributed by atoms with Crippen molar-refractivity contribution < 1.29 is 4.39 Å². The van der Waals surface area contributed by atoms with Crippen LogP contribution in [0.4, 0.5) is 4.39 Å². The van der Waals surface area contributed by atoms with Crippen LogP contribution in [0.3, 0.4) is 0 Å². The first-order valence-electron chi connectivity index (χ1n) is 10.3. The van der Waals surface area contributed by atoms with Crippen molar-refractivity contribution in [3.8, 4) is 0 Å². The van der Waals surface area contributed by atoms with Crippen LogP contribution in [0.5, 0.6) is 0 Å². The number of para-hydroxylation sites is 1. The molecule has 5 aromatic rings. The lowest BCUT2D eigenvalue weighted by molar-refractivity contribution is 0.622. The highest BCUT2D eigenvalue weighted by molar-refractivity contribution is 7.99. The van der Waals surface area contributed by atoms with Crippen LogP contribution < -0.4 is 5.56 Å². The molecule has 0 aliphatic heterocycles. The summed E-state index contributed by atoms with van der Waals surface area (Å²) in [7, 11) is 0. The van der Waals surface area contributed by atoms with E-state index in [9.17, 15) is 9.18 Å². The molecule has 0 radical (unpaired) electrons. The maximum absolute atomic E-state index is 13.4. The number of halogens is 1. The third kappa shape index (κ3) is 3.30. The van der Waals surface area contributed by atoms with E-state index in [1.807, 2.05) is 18.2 Å². The molecule has 5 nitrogen and oxygen atoms in total. The van der Waals surface area contributed by atoms with Crippen molar-refractivity contribution in [2.45, 2.75) is 36.0 Å². The van der Waals surface area contributed by atoms with Crippen molar-refractivity contribution in [2.24, 2.45) is 0 Å². The quantitative estimate of drug-likeness (QED) is 0.272. The second kappa shape index (κ2) is 7.79. The van der Waals surface area contributed by atoms with Crippen LogP contribution in [0.2, 0.25) is 0 Å². The van der Waals surface area contributed by atoms with Gasteiger partial charge in [-0.2, -0.15) is 0 Å². The number of hydrogen-bond acceptors (Lipinski definition) is 6. The Morgan fingerprint density at radius 3 is 2.78 bits per heavy atom. The molecular formula is C24H17FN4OS2. The molecule has 0 spiro atoms. The first-order chi connectivity index (χ1) is 15.7. The van der Waals surface area contributed by atoms with E-state index in [2.05, 4.69) is 9.97 Å². The van der Waals surface area contributed by atoms with Gasteiger partial charge < -0.3 is 0 Å². The summed E-state index contributed by atoms with van der Waals surface area (Å²) in [6.45, 7) is 0.301. The Hall–Kier alpha value is -3.10. The first kappa shape index (κ1) is 19.6. The zero-order chi connectivity index (χ0) is 21.7. The molecule has 8 heteroatoms. The number of benzene rings is 2. The number of rotatable bonds is 4. The molecule has 2 aromatic carbocycles. The van der Waals surface area contributed by atoms with Crippen molar-refractivity contribution in [3.63, 3.8) is 0 Å². The van der Waals surface area contributed by atoms with Crippen molar-refractivity contribution in [2.75, 3.05) is 0 Å². The Bertz CT molecular complexity index is 1540. The average Bonchev–Trinajstić information content (AvgIpc) is 3.39. The maximum Gasteiger partial charge on any atom is 0.262 e. The summed E-state index contributed by atoms with van der Waals surface area (Å²) in [6, 6.07) is 13.6. The zero-order valence-corrected chi connectivity index (χ0v) is 18.5. The Kier molecular flexibility index (Phi) is 4.77. The number of nitrogens with zero attached hydrogens (tertiary/aromatic N) is 4. The van der Waals surface area contributed by atoms with E-state index in [-0.39, 0.29) is 11.4 Å². The third-order valence-corrected chi connectivity index (χ3v) is 7.93. The highest BCUT2D eigenvalue weighted by Crippen LogP contribution is 2.41. The summed E-state index contributed by atoms with van der Waals surface area (Å²) in [5, 5.41) is 3.04. The molecule has 32 heavy (non-hydrogen) atoms. The van der Waals surface area contributed by atoms with Crippen molar-refractivity contribution >= 4 is 44.2 Å². The van der Waals surface area contributed by atoms with E-state index in [4.69, 9.17) is 4.98 Å². The number of aromatic nitrogens is 4. The van der Waals surface area contributed by atoms with Crippen LogP contribution in [0.25, 0.3) is 21.1 Å². The lowest BCUT2D eigenvalue weighted by Gasteiger charge is -2.13. The van der Waals surface area contributed by atoms with Gasteiger partial charge >= 0.3 is 0 Å². The van der Waals surface area contributed by atoms with Gasteiger partial charge in [-0.25, -0.2) is 19.3 Å². The van der Waals surface area contributed by atoms with Crippen LogP contribution >= 0.6 is 23.1 Å². The van der Waals surface area contributed by atoms with Crippen molar-refractivity contribution in [1.82, 2.24) is 19.5 Å². The number of thiophene rings is 1. The summed E-state index contributed by atoms with van der Waals surface area (Å²) >= 11 is 3.14. The molecule has 1 aliphatic carbocycles. The summed E-state index contributed by atoms with van der Waals surface area (Å²) in [6.07, 6.45) is 4.85. The largest absolute Gasteiger partial charge is 0.282 e. The Labute approximate surface area is 191 Å². The molecular weight excluding hydrogens is 443 g/mol. The van der Waals surface area contributed by atoms with E-state index in [0.29, 0.717) is 22.6 Å². The SMILES string of the molecule is O=c1c2ccccc2nc(Sc2ncnc3sc4c(c23)CCC4)n1Cc1ccc(F)cc1. The van der Waals surface area contributed by atoms with Crippen LogP contribution in [-0.2, 0) is 19.4 Å². The Balaban J connectivity index is 1.52. The van der Waals surface area contributed by atoms with Gasteiger partial charge in [0.25, 0.3) is 5.56 Å². The number of hydrogen-bond donors (Lipinski definition) is 0. The van der Waals surface area contributed by atoms with Gasteiger partial charge in [0, 0.05) is 10.3 Å². The molecule has 158 valence electrons. The highest BCUT2D eigenvalue weighted by Gasteiger charge is 2.23. The van der Waals surface area contributed by atoms with Gasteiger partial charge in [0.1, 0.15) is 22.0 Å². The van der Waals surface area contributed by atoms with Gasteiger partial charge in [-0.1, -0.05) is 24.3 Å². The van der Waals surface area contributed by atoms with Gasteiger partial charge in [-0.05, 0) is 66.4 Å². The maximum atomic E-state index is 13.4. The van der Waals surface area contributed by atoms with Gasteiger partial charge in [-0.15, -0.1) is 11.3 Å². The molecule has 1 aliphatic rings. The van der Waals surface area contributed by atoms with Gasteiger partial charge in [0.05, 0.1) is 17.4 Å². The van der Waals surface area contributed by atoms with Crippen molar-refractivity contribution in [1.29, 1.82) is 0 Å². The molecule has 0 fully saturated rings. The first-order valence-corrected chi connectivity index (χ1v) is 12.0. The van der Waals surface area contributed by atoms with E-state index in [0.717, 1.165) is 40.1 Å². The van der Waals surface area contributed by atoms with Gasteiger partial charge in [0.2, 0.25) is 0 Å². The second-order valence-electron chi connectivity index (χ2n) is 7.75. The molecule has 0 saturated carbocycles.